The Morgan fingerprint density at radius 1 is 1.43 bits per heavy atom. The van der Waals surface area contributed by atoms with Crippen LogP contribution in [-0.4, -0.2) is 63.3 Å². The van der Waals surface area contributed by atoms with Gasteiger partial charge < -0.3 is 19.9 Å². The Kier molecular flexibility index (Phi) is 4.98. The molecule has 1 N–H and O–H groups in total. The topological polar surface area (TPSA) is 40.1 Å². The van der Waals surface area contributed by atoms with Crippen LogP contribution in [0.5, 0.6) is 0 Å². The van der Waals surface area contributed by atoms with Crippen molar-refractivity contribution in [3.63, 3.8) is 0 Å². The number of guanidine groups is 1. The van der Waals surface area contributed by atoms with E-state index in [-0.39, 0.29) is 0 Å². The average molecular weight is 308 g/mol. The number of anilines is 1. The summed E-state index contributed by atoms with van der Waals surface area (Å²) in [5.41, 5.74) is 0. The van der Waals surface area contributed by atoms with Gasteiger partial charge in [-0.05, 0) is 30.4 Å². The first-order valence-corrected chi connectivity index (χ1v) is 8.60. The van der Waals surface area contributed by atoms with Crippen LogP contribution in [0.25, 0.3) is 0 Å². The maximum atomic E-state index is 5.66. The van der Waals surface area contributed by atoms with Gasteiger partial charge in [0.05, 0.1) is 11.1 Å². The number of hydrogen-bond acceptors (Lipinski definition) is 4. The summed E-state index contributed by atoms with van der Waals surface area (Å²) in [6.45, 7) is 5.93. The minimum Gasteiger partial charge on any atom is -0.376 e. The number of aliphatic imine (C=N–C) groups is 1. The van der Waals surface area contributed by atoms with E-state index in [0.29, 0.717) is 6.10 Å². The lowest BCUT2D eigenvalue weighted by atomic mass is 10.2. The second-order valence-electron chi connectivity index (χ2n) is 5.49. The Bertz CT molecular complexity index is 448. The quantitative estimate of drug-likeness (QED) is 0.680. The molecule has 21 heavy (non-hydrogen) atoms. The monoisotopic (exact) mass is 308 g/mol. The number of thiophene rings is 1. The molecule has 2 aliphatic rings. The van der Waals surface area contributed by atoms with Crippen LogP contribution in [0.4, 0.5) is 5.00 Å². The Morgan fingerprint density at radius 2 is 2.29 bits per heavy atom. The Balaban J connectivity index is 1.47. The van der Waals surface area contributed by atoms with Gasteiger partial charge in [-0.15, -0.1) is 11.3 Å². The van der Waals surface area contributed by atoms with Gasteiger partial charge in [0.2, 0.25) is 0 Å². The summed E-state index contributed by atoms with van der Waals surface area (Å²) in [4.78, 5) is 9.22. The van der Waals surface area contributed by atoms with Crippen molar-refractivity contribution in [2.45, 2.75) is 18.9 Å². The highest BCUT2D eigenvalue weighted by Gasteiger charge is 2.21. The molecule has 3 rings (SSSR count). The van der Waals surface area contributed by atoms with E-state index < -0.39 is 0 Å². The highest BCUT2D eigenvalue weighted by atomic mass is 32.1. The molecular formula is C15H24N4OS. The summed E-state index contributed by atoms with van der Waals surface area (Å²) in [7, 11) is 1.86. The molecule has 6 heteroatoms. The highest BCUT2D eigenvalue weighted by molar-refractivity contribution is 7.14. The van der Waals surface area contributed by atoms with Crippen LogP contribution in [0.15, 0.2) is 22.5 Å². The molecule has 0 amide bonds. The van der Waals surface area contributed by atoms with Gasteiger partial charge >= 0.3 is 0 Å². The summed E-state index contributed by atoms with van der Waals surface area (Å²) < 4.78 is 5.66. The van der Waals surface area contributed by atoms with Crippen LogP contribution in [0.3, 0.4) is 0 Å². The molecule has 1 aromatic rings. The molecule has 5 nitrogen and oxygen atoms in total. The minimum absolute atomic E-state index is 0.356. The van der Waals surface area contributed by atoms with E-state index in [1.54, 1.807) is 0 Å². The molecule has 0 bridgehead atoms. The van der Waals surface area contributed by atoms with Gasteiger partial charge in [0.25, 0.3) is 0 Å². The van der Waals surface area contributed by atoms with Crippen molar-refractivity contribution in [3.8, 4) is 0 Å². The maximum absolute atomic E-state index is 5.66. The lowest BCUT2D eigenvalue weighted by Crippen LogP contribution is -2.53. The third kappa shape index (κ3) is 3.68. The molecule has 0 spiro atoms. The number of rotatable bonds is 3. The number of nitrogens with zero attached hydrogens (tertiary/aromatic N) is 3. The summed E-state index contributed by atoms with van der Waals surface area (Å²) in [6.07, 6.45) is 2.70. The van der Waals surface area contributed by atoms with Crippen LogP contribution < -0.4 is 10.2 Å². The third-order valence-electron chi connectivity index (χ3n) is 4.12. The van der Waals surface area contributed by atoms with Crippen molar-refractivity contribution in [2.75, 3.05) is 51.3 Å². The number of nitrogens with one attached hydrogen (secondary N) is 1. The standard InChI is InChI=1S/C15H24N4OS/c1-16-15(17-12-13-4-2-10-20-13)19-8-6-18(7-9-19)14-5-3-11-21-14/h3,5,11,13H,2,4,6-10,12H2,1H3,(H,16,17). The van der Waals surface area contributed by atoms with E-state index in [1.165, 1.54) is 11.4 Å². The van der Waals surface area contributed by atoms with Crippen molar-refractivity contribution in [3.05, 3.63) is 17.5 Å². The van der Waals surface area contributed by atoms with Crippen LogP contribution in [0.1, 0.15) is 12.8 Å². The fraction of sp³-hybridized carbons (Fsp3) is 0.667. The Hall–Kier alpha value is -1.27. The summed E-state index contributed by atoms with van der Waals surface area (Å²) >= 11 is 1.82. The van der Waals surface area contributed by atoms with E-state index in [0.717, 1.165) is 51.7 Å². The first kappa shape index (κ1) is 14.7. The van der Waals surface area contributed by atoms with Crippen LogP contribution in [-0.2, 0) is 4.74 Å². The molecule has 1 atom stereocenters. The van der Waals surface area contributed by atoms with E-state index in [4.69, 9.17) is 4.74 Å². The second-order valence-corrected chi connectivity index (χ2v) is 6.41. The molecule has 0 aromatic carbocycles. The first-order valence-electron chi connectivity index (χ1n) is 7.72. The molecule has 2 saturated heterocycles. The molecule has 2 fully saturated rings. The maximum Gasteiger partial charge on any atom is 0.193 e. The van der Waals surface area contributed by atoms with Crippen molar-refractivity contribution >= 4 is 22.3 Å². The van der Waals surface area contributed by atoms with Gasteiger partial charge in [-0.2, -0.15) is 0 Å². The highest BCUT2D eigenvalue weighted by Crippen LogP contribution is 2.22. The molecular weight excluding hydrogens is 284 g/mol. The van der Waals surface area contributed by atoms with Crippen molar-refractivity contribution < 1.29 is 4.74 Å². The average Bonchev–Trinajstić information content (AvgIpc) is 3.22. The van der Waals surface area contributed by atoms with E-state index in [2.05, 4.69) is 37.6 Å². The summed E-state index contributed by atoms with van der Waals surface area (Å²) in [6, 6.07) is 4.32. The lowest BCUT2D eigenvalue weighted by Gasteiger charge is -2.37. The van der Waals surface area contributed by atoms with E-state index in [1.807, 2.05) is 18.4 Å². The van der Waals surface area contributed by atoms with Crippen LogP contribution in [0.2, 0.25) is 0 Å². The van der Waals surface area contributed by atoms with E-state index >= 15 is 0 Å². The number of piperazine rings is 1. The van der Waals surface area contributed by atoms with Gasteiger partial charge in [0.1, 0.15) is 0 Å². The zero-order valence-electron chi connectivity index (χ0n) is 12.6. The van der Waals surface area contributed by atoms with Gasteiger partial charge in [-0.25, -0.2) is 0 Å². The van der Waals surface area contributed by atoms with Gasteiger partial charge in [-0.1, -0.05) is 0 Å². The summed E-state index contributed by atoms with van der Waals surface area (Å²) in [5.74, 6) is 1.01. The fourth-order valence-corrected chi connectivity index (χ4v) is 3.72. The number of ether oxygens (including phenoxy) is 1. The van der Waals surface area contributed by atoms with E-state index in [9.17, 15) is 0 Å². The predicted octanol–water partition coefficient (Wildman–Crippen LogP) is 1.62. The molecule has 3 heterocycles. The second kappa shape index (κ2) is 7.13. The van der Waals surface area contributed by atoms with Crippen LogP contribution in [0, 0.1) is 0 Å². The molecule has 1 unspecified atom stereocenters. The largest absolute Gasteiger partial charge is 0.376 e. The normalized spacial score (nSPS) is 23.7. The molecule has 1 aromatic heterocycles. The SMILES string of the molecule is CN=C(NCC1CCCO1)N1CCN(c2cccs2)CC1. The first-order chi connectivity index (χ1) is 10.4. The number of hydrogen-bond donors (Lipinski definition) is 1. The van der Waals surface area contributed by atoms with Gasteiger partial charge in [0.15, 0.2) is 5.96 Å². The van der Waals surface area contributed by atoms with Crippen molar-refractivity contribution in [2.24, 2.45) is 4.99 Å². The zero-order valence-corrected chi connectivity index (χ0v) is 13.4. The molecule has 0 radical (unpaired) electrons. The molecule has 2 aliphatic heterocycles. The summed E-state index contributed by atoms with van der Waals surface area (Å²) in [5, 5.41) is 6.98. The molecule has 116 valence electrons. The zero-order chi connectivity index (χ0) is 14.5. The van der Waals surface area contributed by atoms with Crippen LogP contribution >= 0.6 is 11.3 Å². The smallest absolute Gasteiger partial charge is 0.193 e. The van der Waals surface area contributed by atoms with Gasteiger partial charge in [0, 0.05) is 46.4 Å². The molecule has 0 aliphatic carbocycles. The van der Waals surface area contributed by atoms with Crippen molar-refractivity contribution in [1.82, 2.24) is 10.2 Å². The fourth-order valence-electron chi connectivity index (χ4n) is 2.93. The van der Waals surface area contributed by atoms with Crippen molar-refractivity contribution in [1.29, 1.82) is 0 Å². The lowest BCUT2D eigenvalue weighted by molar-refractivity contribution is 0.113. The Labute approximate surface area is 130 Å². The third-order valence-corrected chi connectivity index (χ3v) is 5.05. The Morgan fingerprint density at radius 3 is 2.90 bits per heavy atom. The minimum atomic E-state index is 0.356. The predicted molar refractivity (Wildman–Crippen MR) is 88.4 cm³/mol. The van der Waals surface area contributed by atoms with Gasteiger partial charge in [-0.3, -0.25) is 4.99 Å². The molecule has 0 saturated carbocycles.